The van der Waals surface area contributed by atoms with Crippen LogP contribution in [0.5, 0.6) is 11.5 Å². The summed E-state index contributed by atoms with van der Waals surface area (Å²) in [6.07, 6.45) is 1.57. The molecule has 2 heterocycles. The van der Waals surface area contributed by atoms with Crippen LogP contribution in [0.2, 0.25) is 5.02 Å². The largest absolute Gasteiger partial charge is 0.507 e. The molecule has 0 aliphatic carbocycles. The van der Waals surface area contributed by atoms with Crippen molar-refractivity contribution in [1.82, 2.24) is 4.98 Å². The van der Waals surface area contributed by atoms with Gasteiger partial charge in [-0.1, -0.05) is 17.7 Å². The Bertz CT molecular complexity index is 1270. The number of aliphatic hydroxyl groups is 1. The zero-order valence-corrected chi connectivity index (χ0v) is 19.7. The minimum atomic E-state index is -0.955. The Hall–Kier alpha value is -3.84. The van der Waals surface area contributed by atoms with Crippen LogP contribution >= 0.6 is 11.6 Å². The number of anilines is 1. The fraction of sp³-hybridized carbons (Fsp3) is 0.192. The third-order valence-electron chi connectivity index (χ3n) is 5.49. The SMILES string of the molecule is CCOc1ccc(N2C(=O)C(=O)/C(=C(/O)c3cc(C)cc(Cl)c3OC)C2c2ccccn2)cc1. The molecule has 1 amide bonds. The lowest BCUT2D eigenvalue weighted by Gasteiger charge is -2.25. The maximum absolute atomic E-state index is 13.3. The van der Waals surface area contributed by atoms with Crippen LogP contribution in [0.15, 0.2) is 66.4 Å². The second-order valence-corrected chi connectivity index (χ2v) is 8.09. The van der Waals surface area contributed by atoms with Crippen LogP contribution in [0.3, 0.4) is 0 Å². The highest BCUT2D eigenvalue weighted by Gasteiger charge is 2.48. The van der Waals surface area contributed by atoms with E-state index in [1.165, 1.54) is 12.0 Å². The van der Waals surface area contributed by atoms with Crippen molar-refractivity contribution in [3.05, 3.63) is 88.2 Å². The number of ketones is 1. The molecule has 3 aromatic rings. The van der Waals surface area contributed by atoms with E-state index in [2.05, 4.69) is 4.98 Å². The summed E-state index contributed by atoms with van der Waals surface area (Å²) in [7, 11) is 1.42. The number of rotatable bonds is 6. The molecule has 0 spiro atoms. The van der Waals surface area contributed by atoms with Crippen LogP contribution in [-0.2, 0) is 9.59 Å². The number of methoxy groups -OCH3 is 1. The summed E-state index contributed by atoms with van der Waals surface area (Å²) in [6.45, 7) is 4.18. The van der Waals surface area contributed by atoms with E-state index in [-0.39, 0.29) is 27.7 Å². The predicted octanol–water partition coefficient (Wildman–Crippen LogP) is 5.08. The molecular formula is C26H23ClN2O5. The summed E-state index contributed by atoms with van der Waals surface area (Å²) in [5, 5.41) is 11.7. The number of hydrogen-bond donors (Lipinski definition) is 1. The maximum atomic E-state index is 13.3. The third-order valence-corrected chi connectivity index (χ3v) is 5.77. The lowest BCUT2D eigenvalue weighted by atomic mass is 9.97. The Morgan fingerprint density at radius 3 is 2.50 bits per heavy atom. The first kappa shape index (κ1) is 23.3. The number of amides is 1. The molecule has 1 fully saturated rings. The molecule has 34 heavy (non-hydrogen) atoms. The van der Waals surface area contributed by atoms with Crippen LogP contribution in [0.1, 0.15) is 29.8 Å². The monoisotopic (exact) mass is 478 g/mol. The molecule has 174 valence electrons. The van der Waals surface area contributed by atoms with Gasteiger partial charge in [-0.2, -0.15) is 0 Å². The van der Waals surface area contributed by atoms with Crippen molar-refractivity contribution >= 4 is 34.7 Å². The number of carbonyl (C=O) groups excluding carboxylic acids is 2. The van der Waals surface area contributed by atoms with Crippen molar-refractivity contribution in [2.75, 3.05) is 18.6 Å². The molecule has 4 rings (SSSR count). The number of pyridine rings is 1. The Kier molecular flexibility index (Phi) is 6.56. The molecule has 1 aliphatic rings. The van der Waals surface area contributed by atoms with Gasteiger partial charge >= 0.3 is 0 Å². The van der Waals surface area contributed by atoms with E-state index in [9.17, 15) is 14.7 Å². The zero-order chi connectivity index (χ0) is 24.4. The van der Waals surface area contributed by atoms with Gasteiger partial charge in [-0.3, -0.25) is 19.5 Å². The number of ether oxygens (including phenoxy) is 2. The molecule has 0 saturated carbocycles. The Morgan fingerprint density at radius 1 is 1.15 bits per heavy atom. The van der Waals surface area contributed by atoms with E-state index in [1.54, 1.807) is 67.7 Å². The van der Waals surface area contributed by atoms with Crippen molar-refractivity contribution in [3.63, 3.8) is 0 Å². The number of nitrogens with zero attached hydrogens (tertiary/aromatic N) is 2. The second kappa shape index (κ2) is 9.57. The first-order valence-electron chi connectivity index (χ1n) is 10.7. The summed E-state index contributed by atoms with van der Waals surface area (Å²) in [4.78, 5) is 32.3. The van der Waals surface area contributed by atoms with Gasteiger partial charge in [-0.25, -0.2) is 0 Å². The smallest absolute Gasteiger partial charge is 0.300 e. The van der Waals surface area contributed by atoms with Crippen molar-refractivity contribution in [3.8, 4) is 11.5 Å². The third kappa shape index (κ3) is 4.10. The average Bonchev–Trinajstić information content (AvgIpc) is 3.10. The number of hydrogen-bond acceptors (Lipinski definition) is 6. The van der Waals surface area contributed by atoms with Crippen LogP contribution < -0.4 is 14.4 Å². The van der Waals surface area contributed by atoms with Gasteiger partial charge in [-0.05, 0) is 67.9 Å². The molecule has 1 aromatic heterocycles. The molecule has 2 aromatic carbocycles. The molecule has 8 heteroatoms. The summed E-state index contributed by atoms with van der Waals surface area (Å²) in [5.74, 6) is -1.15. The van der Waals surface area contributed by atoms with Crippen molar-refractivity contribution in [2.45, 2.75) is 19.9 Å². The lowest BCUT2D eigenvalue weighted by Crippen LogP contribution is -2.29. The molecule has 1 saturated heterocycles. The van der Waals surface area contributed by atoms with Gasteiger partial charge in [0.1, 0.15) is 23.3 Å². The molecule has 7 nitrogen and oxygen atoms in total. The quantitative estimate of drug-likeness (QED) is 0.302. The highest BCUT2D eigenvalue weighted by atomic mass is 35.5. The first-order chi connectivity index (χ1) is 16.4. The number of benzene rings is 2. The van der Waals surface area contributed by atoms with Gasteiger partial charge in [0.25, 0.3) is 11.7 Å². The van der Waals surface area contributed by atoms with Crippen molar-refractivity contribution in [2.24, 2.45) is 0 Å². The van der Waals surface area contributed by atoms with E-state index >= 15 is 0 Å². The molecule has 1 aliphatic heterocycles. The van der Waals surface area contributed by atoms with Gasteiger partial charge in [0.15, 0.2) is 0 Å². The summed E-state index contributed by atoms with van der Waals surface area (Å²) >= 11 is 6.32. The second-order valence-electron chi connectivity index (χ2n) is 7.68. The van der Waals surface area contributed by atoms with Crippen LogP contribution in [0, 0.1) is 6.92 Å². The molecular weight excluding hydrogens is 456 g/mol. The highest BCUT2D eigenvalue weighted by Crippen LogP contribution is 2.44. The standard InChI is InChI=1S/C26H23ClN2O5/c1-4-34-17-10-8-16(9-11-17)29-22(20-7-5-6-12-28-20)21(24(31)26(29)32)23(30)18-13-15(2)14-19(27)25(18)33-3/h5-14,22,30H,4H2,1-3H3/b23-21+. The van der Waals surface area contributed by atoms with Gasteiger partial charge in [0, 0.05) is 11.9 Å². The fourth-order valence-electron chi connectivity index (χ4n) is 4.04. The molecule has 1 N–H and O–H groups in total. The van der Waals surface area contributed by atoms with Gasteiger partial charge in [0.2, 0.25) is 0 Å². The highest BCUT2D eigenvalue weighted by molar-refractivity contribution is 6.51. The Morgan fingerprint density at radius 2 is 1.88 bits per heavy atom. The van der Waals surface area contributed by atoms with E-state index in [0.29, 0.717) is 23.7 Å². The topological polar surface area (TPSA) is 89.0 Å². The van der Waals surface area contributed by atoms with E-state index in [4.69, 9.17) is 21.1 Å². The molecule has 0 bridgehead atoms. The zero-order valence-electron chi connectivity index (χ0n) is 18.9. The van der Waals surface area contributed by atoms with E-state index in [1.807, 2.05) is 6.92 Å². The van der Waals surface area contributed by atoms with Crippen molar-refractivity contribution < 1.29 is 24.2 Å². The minimum Gasteiger partial charge on any atom is -0.507 e. The number of Topliss-reactive ketones (excluding diaryl/α,β-unsaturated/α-hetero) is 1. The van der Waals surface area contributed by atoms with Gasteiger partial charge in [-0.15, -0.1) is 0 Å². The van der Waals surface area contributed by atoms with Crippen molar-refractivity contribution in [1.29, 1.82) is 0 Å². The molecule has 0 radical (unpaired) electrons. The predicted molar refractivity (Wildman–Crippen MR) is 129 cm³/mol. The molecule has 1 atom stereocenters. The van der Waals surface area contributed by atoms with Crippen LogP contribution in [-0.4, -0.2) is 35.5 Å². The van der Waals surface area contributed by atoms with E-state index in [0.717, 1.165) is 5.56 Å². The minimum absolute atomic E-state index is 0.0995. The van der Waals surface area contributed by atoms with Crippen LogP contribution in [0.4, 0.5) is 5.69 Å². The number of carbonyl (C=O) groups is 2. The molecule has 1 unspecified atom stereocenters. The Balaban J connectivity index is 1.94. The lowest BCUT2D eigenvalue weighted by molar-refractivity contribution is -0.132. The normalized spacial score (nSPS) is 17.2. The maximum Gasteiger partial charge on any atom is 0.300 e. The fourth-order valence-corrected chi connectivity index (χ4v) is 4.39. The number of aromatic nitrogens is 1. The summed E-state index contributed by atoms with van der Waals surface area (Å²) in [5.41, 5.74) is 1.77. The summed E-state index contributed by atoms with van der Waals surface area (Å²) in [6, 6.07) is 14.4. The summed E-state index contributed by atoms with van der Waals surface area (Å²) < 4.78 is 10.9. The van der Waals surface area contributed by atoms with Crippen LogP contribution in [0.25, 0.3) is 5.76 Å². The average molecular weight is 479 g/mol. The van der Waals surface area contributed by atoms with E-state index < -0.39 is 17.7 Å². The van der Waals surface area contributed by atoms with Gasteiger partial charge in [0.05, 0.1) is 35.6 Å². The number of aryl methyl sites for hydroxylation is 1. The number of halogens is 1. The van der Waals surface area contributed by atoms with Gasteiger partial charge < -0.3 is 14.6 Å². The first-order valence-corrected chi connectivity index (χ1v) is 11.0. The Labute approximate surface area is 202 Å². The number of aliphatic hydroxyl groups excluding tert-OH is 1.